The van der Waals surface area contributed by atoms with E-state index in [1.165, 1.54) is 0 Å². The summed E-state index contributed by atoms with van der Waals surface area (Å²) in [6, 6.07) is 5.11. The molecule has 2 aromatic carbocycles. The Morgan fingerprint density at radius 1 is 0.362 bits per heavy atom. The minimum atomic E-state index is -1.35. The molecule has 3 unspecified atom stereocenters. The molecule has 0 aliphatic carbocycles. The van der Waals surface area contributed by atoms with E-state index in [4.69, 9.17) is 18.9 Å². The summed E-state index contributed by atoms with van der Waals surface area (Å²) in [5.74, 6) is -8.97. The Bertz CT molecular complexity index is 3430. The molecular weight excluding hydrogens is 1510 g/mol. The zero-order valence-corrected chi connectivity index (χ0v) is 71.7. The molecule has 116 heavy (non-hydrogen) atoms. The highest BCUT2D eigenvalue weighted by Crippen LogP contribution is 2.33. The maximum atomic E-state index is 15.0. The van der Waals surface area contributed by atoms with Gasteiger partial charge in [0.1, 0.15) is 67.1 Å². The van der Waals surface area contributed by atoms with Gasteiger partial charge in [0.25, 0.3) is 0 Å². The molecule has 3 aliphatic rings. The number of urea groups is 1. The van der Waals surface area contributed by atoms with Crippen molar-refractivity contribution in [1.82, 2.24) is 74.4 Å². The van der Waals surface area contributed by atoms with E-state index >= 15 is 14.4 Å². The van der Waals surface area contributed by atoms with Crippen LogP contribution in [0, 0.1) is 41.4 Å². The van der Waals surface area contributed by atoms with Crippen LogP contribution in [0.5, 0.6) is 0 Å². The van der Waals surface area contributed by atoms with E-state index in [1.807, 2.05) is 81.0 Å². The number of rotatable bonds is 40. The monoisotopic (exact) mass is 1640 g/mol. The smallest absolute Gasteiger partial charge is 0.315 e. The molecule has 3 aliphatic heterocycles. The molecule has 0 saturated carbocycles. The van der Waals surface area contributed by atoms with E-state index in [-0.39, 0.29) is 163 Å². The lowest BCUT2D eigenvalue weighted by molar-refractivity contribution is -0.137. The molecule has 0 bridgehead atoms. The minimum absolute atomic E-state index is 0.0202. The normalized spacial score (nSPS) is 24.1. The van der Waals surface area contributed by atoms with E-state index in [1.54, 1.807) is 88.4 Å². The number of fused-ring (bicyclic) bond motifs is 1. The van der Waals surface area contributed by atoms with Crippen molar-refractivity contribution in [3.05, 3.63) is 71.8 Å². The van der Waals surface area contributed by atoms with Crippen LogP contribution in [0.4, 0.5) is 4.79 Å². The van der Waals surface area contributed by atoms with Crippen molar-refractivity contribution in [2.45, 2.75) is 271 Å². The molecule has 0 spiro atoms. The molecule has 0 aromatic heterocycles. The van der Waals surface area contributed by atoms with Crippen LogP contribution in [-0.2, 0) is 89.3 Å². The fraction of sp³-hybridized carbons (Fsp3) is 0.702. The Hall–Kier alpha value is -8.46. The zero-order valence-electron chi connectivity index (χ0n) is 70.8. The molecule has 32 heteroatoms. The number of carbonyl (C=O) groups is 13. The third kappa shape index (κ3) is 37.0. The second kappa shape index (κ2) is 52.4. The average molecular weight is 1650 g/mol. The SMILES string of the molecule is CC(C)C[C@@H]1NC(=O)[C@H](C(C)C)NC(=O)[C@@H](CC(C)C)NC(=O)[C@@H](CC(C)C)NC(=O)[C@@H](Cc2ccccc2)NC(=O)[C@H](CC(C)C)NC(=O)[C@H](C(C)C)NC(=O)[C@@H](CCCCNC(=O)CCOCCOCCOCCOCNC(=O)CCCCC2SCC3NC(=O)NC32)NC(=O)[C@@H](CC(C)C)NC(=O)[C@@H](Cc2ccccc2)NC1=O. The van der Waals surface area contributed by atoms with E-state index in [0.717, 1.165) is 25.0 Å². The first-order valence-corrected chi connectivity index (χ1v) is 42.9. The van der Waals surface area contributed by atoms with Gasteiger partial charge in [-0.2, -0.15) is 11.8 Å². The van der Waals surface area contributed by atoms with Crippen LogP contribution >= 0.6 is 11.8 Å². The first-order chi connectivity index (χ1) is 55.2. The molecule has 14 N–H and O–H groups in total. The summed E-state index contributed by atoms with van der Waals surface area (Å²) in [5, 5.41) is 40.6. The van der Waals surface area contributed by atoms with Gasteiger partial charge >= 0.3 is 6.03 Å². The van der Waals surface area contributed by atoms with Gasteiger partial charge in [-0.1, -0.05) is 164 Å². The largest absolute Gasteiger partial charge is 0.379 e. The summed E-state index contributed by atoms with van der Waals surface area (Å²) in [5.41, 5.74) is 1.30. The van der Waals surface area contributed by atoms with E-state index < -0.39 is 131 Å². The van der Waals surface area contributed by atoms with Crippen molar-refractivity contribution in [1.29, 1.82) is 0 Å². The Morgan fingerprint density at radius 2 is 0.707 bits per heavy atom. The van der Waals surface area contributed by atoms with E-state index in [9.17, 15) is 47.9 Å². The van der Waals surface area contributed by atoms with E-state index in [2.05, 4.69) is 74.4 Å². The van der Waals surface area contributed by atoms with Crippen molar-refractivity contribution < 1.29 is 81.3 Å². The van der Waals surface area contributed by atoms with Crippen LogP contribution in [0.1, 0.15) is 192 Å². The van der Waals surface area contributed by atoms with Crippen molar-refractivity contribution in [3.8, 4) is 0 Å². The average Bonchev–Trinajstić information content (AvgIpc) is 1.65. The summed E-state index contributed by atoms with van der Waals surface area (Å²) < 4.78 is 22.3. The lowest BCUT2D eigenvalue weighted by atomic mass is 9.97. The second-order valence-corrected chi connectivity index (χ2v) is 34.7. The predicted molar refractivity (Wildman–Crippen MR) is 443 cm³/mol. The zero-order chi connectivity index (χ0) is 85.4. The van der Waals surface area contributed by atoms with Crippen LogP contribution in [0.2, 0.25) is 0 Å². The number of amides is 14. The quantitative estimate of drug-likeness (QED) is 0.0249. The third-order valence-corrected chi connectivity index (χ3v) is 21.5. The number of thioether (sulfide) groups is 1. The van der Waals surface area contributed by atoms with Crippen molar-refractivity contribution in [2.24, 2.45) is 41.4 Å². The molecule has 5 rings (SSSR count). The first kappa shape index (κ1) is 98.1. The Morgan fingerprint density at radius 3 is 1.12 bits per heavy atom. The maximum Gasteiger partial charge on any atom is 0.315 e. The molecule has 3 heterocycles. The van der Waals surface area contributed by atoms with Gasteiger partial charge in [0.15, 0.2) is 0 Å². The van der Waals surface area contributed by atoms with Crippen LogP contribution < -0.4 is 74.4 Å². The van der Waals surface area contributed by atoms with Gasteiger partial charge in [-0.25, -0.2) is 4.79 Å². The molecule has 0 radical (unpaired) electrons. The molecule has 2 aromatic rings. The highest BCUT2D eigenvalue weighted by Gasteiger charge is 2.43. The van der Waals surface area contributed by atoms with Crippen LogP contribution in [0.3, 0.4) is 0 Å². The fourth-order valence-corrected chi connectivity index (χ4v) is 15.4. The van der Waals surface area contributed by atoms with Gasteiger partial charge in [-0.05, 0) is 117 Å². The number of hydrogen-bond donors (Lipinski definition) is 14. The van der Waals surface area contributed by atoms with Gasteiger partial charge in [0.2, 0.25) is 70.9 Å². The van der Waals surface area contributed by atoms with Gasteiger partial charge in [-0.3, -0.25) is 57.5 Å². The van der Waals surface area contributed by atoms with Gasteiger partial charge in [-0.15, -0.1) is 0 Å². The van der Waals surface area contributed by atoms with E-state index in [0.29, 0.717) is 49.0 Å². The van der Waals surface area contributed by atoms with Gasteiger partial charge in [0.05, 0.1) is 58.3 Å². The molecular formula is C84H136N14O17S. The number of carbonyl (C=O) groups excluding carboxylic acids is 13. The number of hydrogen-bond acceptors (Lipinski definition) is 18. The highest BCUT2D eigenvalue weighted by atomic mass is 32.2. The highest BCUT2D eigenvalue weighted by molar-refractivity contribution is 8.00. The van der Waals surface area contributed by atoms with Crippen molar-refractivity contribution >= 4 is 88.7 Å². The number of benzene rings is 2. The lowest BCUT2D eigenvalue weighted by Gasteiger charge is -2.31. The Balaban J connectivity index is 1.32. The number of unbranched alkanes of at least 4 members (excludes halogenated alkanes) is 2. The minimum Gasteiger partial charge on any atom is -0.379 e. The Kier molecular flexibility index (Phi) is 44.3. The topological polar surface area (TPSA) is 427 Å². The van der Waals surface area contributed by atoms with Crippen LogP contribution in [-0.4, -0.2) is 220 Å². The molecule has 14 amide bonds. The maximum absolute atomic E-state index is 15.0. The van der Waals surface area contributed by atoms with Crippen molar-refractivity contribution in [3.63, 3.8) is 0 Å². The molecule has 3 fully saturated rings. The number of ether oxygens (including phenoxy) is 4. The summed E-state index contributed by atoms with van der Waals surface area (Å²) >= 11 is 1.86. The summed E-state index contributed by atoms with van der Waals surface area (Å²) in [6.45, 7) is 27.4. The van der Waals surface area contributed by atoms with Crippen molar-refractivity contribution in [2.75, 3.05) is 65.3 Å². The molecule has 13 atom stereocenters. The number of nitrogens with one attached hydrogen (secondary N) is 14. The summed E-state index contributed by atoms with van der Waals surface area (Å²) in [4.78, 5) is 186. The molecule has 650 valence electrons. The fourth-order valence-electron chi connectivity index (χ4n) is 13.8. The molecule has 31 nitrogen and oxygen atoms in total. The van der Waals surface area contributed by atoms with Crippen LogP contribution in [0.25, 0.3) is 0 Å². The predicted octanol–water partition coefficient (Wildman–Crippen LogP) is 4.42. The first-order valence-electron chi connectivity index (χ1n) is 41.8. The second-order valence-electron chi connectivity index (χ2n) is 33.4. The lowest BCUT2D eigenvalue weighted by Crippen LogP contribution is -2.62. The van der Waals surface area contributed by atoms with Gasteiger partial charge < -0.3 is 93.4 Å². The summed E-state index contributed by atoms with van der Waals surface area (Å²) in [6.07, 6.45) is 3.93. The van der Waals surface area contributed by atoms with Gasteiger partial charge in [0, 0.05) is 43.2 Å². The standard InChI is InChI=1S/C84H136N14O17S/c1-50(2)41-60-75(102)87-59(29-23-24-33-85-70(100)32-34-112-35-36-113-37-38-114-39-40-115-49-86-69(99)31-22-21-30-68-73-67(48-116-68)95-84(111)98-73)74(101)96-71(55(11)12)82(109)93-62(43-52(5)6)77(104)92-66(47-58-27-19-16-20-28-58)80(107)89-61(42-51(3)4)76(103)90-64(45-54(9)10)81(108)97-72(56(13)14)83(110)94-63(44-53(7)8)78(105)91-65(79(106)88-60)46-57-25-17-15-18-26-57/h15-20,25-28,50-56,59-68,71-73H,21-24,29-49H2,1-14H3,(H,85,100)(H,86,99)(H,87,102)(H,88,106)(H,89,107)(H,90,103)(H,91,105)(H,92,104)(H,93,109)(H,94,110)(H,96,101)(H,97,108)(H2,95,98,111)/t59-,60-,61-,62+,63+,64-,65-,66-,67?,68?,71+,72+,73?/m1/s1. The summed E-state index contributed by atoms with van der Waals surface area (Å²) in [7, 11) is 0. The Labute approximate surface area is 690 Å². The molecule has 3 saturated heterocycles. The van der Waals surface area contributed by atoms with Crippen LogP contribution in [0.15, 0.2) is 60.7 Å². The third-order valence-electron chi connectivity index (χ3n) is 19.9.